The molecule has 1 unspecified atom stereocenters. The third kappa shape index (κ3) is 1.88. The normalized spacial score (nSPS) is 24.5. The van der Waals surface area contributed by atoms with E-state index in [4.69, 9.17) is 5.73 Å². The molecule has 0 saturated heterocycles. The maximum absolute atomic E-state index is 11.0. The summed E-state index contributed by atoms with van der Waals surface area (Å²) < 4.78 is 23.3. The fourth-order valence-electron chi connectivity index (χ4n) is 0.825. The van der Waals surface area contributed by atoms with E-state index in [2.05, 4.69) is 0 Å². The SMILES string of the molecule is CS(=O)(=O)N1C=CSC1CN. The Bertz CT molecular complexity index is 260. The Labute approximate surface area is 70.5 Å². The molecular formula is C5H10N2O2S2. The highest BCUT2D eigenvalue weighted by Crippen LogP contribution is 2.25. The maximum Gasteiger partial charge on any atom is 0.232 e. The minimum atomic E-state index is -3.12. The molecule has 1 aliphatic heterocycles. The third-order valence-corrected chi connectivity index (χ3v) is 3.60. The van der Waals surface area contributed by atoms with Crippen molar-refractivity contribution in [3.05, 3.63) is 11.6 Å². The highest BCUT2D eigenvalue weighted by atomic mass is 32.2. The van der Waals surface area contributed by atoms with Crippen LogP contribution >= 0.6 is 11.8 Å². The van der Waals surface area contributed by atoms with E-state index in [9.17, 15) is 8.42 Å². The van der Waals surface area contributed by atoms with E-state index in [1.54, 1.807) is 5.41 Å². The Balaban J connectivity index is 2.80. The van der Waals surface area contributed by atoms with Gasteiger partial charge in [0.1, 0.15) is 5.37 Å². The monoisotopic (exact) mass is 194 g/mol. The molecule has 0 saturated carbocycles. The molecule has 1 atom stereocenters. The van der Waals surface area contributed by atoms with E-state index in [-0.39, 0.29) is 5.37 Å². The van der Waals surface area contributed by atoms with Gasteiger partial charge >= 0.3 is 0 Å². The van der Waals surface area contributed by atoms with Crippen molar-refractivity contribution in [2.24, 2.45) is 5.73 Å². The van der Waals surface area contributed by atoms with Gasteiger partial charge in [-0.05, 0) is 5.41 Å². The van der Waals surface area contributed by atoms with Gasteiger partial charge in [-0.2, -0.15) is 0 Å². The first kappa shape index (κ1) is 8.89. The molecule has 4 nitrogen and oxygen atoms in total. The lowest BCUT2D eigenvalue weighted by Gasteiger charge is -2.20. The number of nitrogens with two attached hydrogens (primary N) is 1. The maximum atomic E-state index is 11.0. The summed E-state index contributed by atoms with van der Waals surface area (Å²) in [6, 6.07) is 0. The predicted octanol–water partition coefficient (Wildman–Crippen LogP) is -0.249. The van der Waals surface area contributed by atoms with Crippen LogP contribution in [-0.4, -0.2) is 30.9 Å². The van der Waals surface area contributed by atoms with Crippen LogP contribution in [0.5, 0.6) is 0 Å². The molecule has 0 fully saturated rings. The average Bonchev–Trinajstić information content (AvgIpc) is 2.31. The van der Waals surface area contributed by atoms with Crippen molar-refractivity contribution in [1.82, 2.24) is 4.31 Å². The minimum absolute atomic E-state index is 0.148. The molecule has 0 aliphatic carbocycles. The van der Waals surface area contributed by atoms with Gasteiger partial charge < -0.3 is 5.73 Å². The summed E-state index contributed by atoms with van der Waals surface area (Å²) in [5, 5.41) is 1.59. The van der Waals surface area contributed by atoms with Crippen LogP contribution in [0.1, 0.15) is 0 Å². The number of thioether (sulfide) groups is 1. The van der Waals surface area contributed by atoms with Crippen LogP contribution in [0, 0.1) is 0 Å². The second-order valence-corrected chi connectivity index (χ2v) is 5.18. The van der Waals surface area contributed by atoms with E-state index >= 15 is 0 Å². The van der Waals surface area contributed by atoms with Gasteiger partial charge in [-0.15, -0.1) is 11.8 Å². The standard InChI is InChI=1S/C5H10N2O2S2/c1-11(8,9)7-2-3-10-5(7)4-6/h2-3,5H,4,6H2,1H3. The van der Waals surface area contributed by atoms with Crippen molar-refractivity contribution in [1.29, 1.82) is 0 Å². The van der Waals surface area contributed by atoms with Crippen molar-refractivity contribution < 1.29 is 8.42 Å². The molecule has 64 valence electrons. The Morgan fingerprint density at radius 3 is 2.73 bits per heavy atom. The van der Waals surface area contributed by atoms with Crippen molar-refractivity contribution in [3.63, 3.8) is 0 Å². The first-order valence-electron chi connectivity index (χ1n) is 3.06. The predicted molar refractivity (Wildman–Crippen MR) is 46.3 cm³/mol. The van der Waals surface area contributed by atoms with Gasteiger partial charge in [-0.3, -0.25) is 4.31 Å². The third-order valence-electron chi connectivity index (χ3n) is 1.31. The second-order valence-electron chi connectivity index (χ2n) is 2.20. The first-order valence-corrected chi connectivity index (χ1v) is 5.85. The first-order chi connectivity index (χ1) is 5.05. The number of sulfonamides is 1. The number of hydrogen-bond acceptors (Lipinski definition) is 4. The summed E-state index contributed by atoms with van der Waals surface area (Å²) in [5.41, 5.74) is 5.35. The topological polar surface area (TPSA) is 63.4 Å². The van der Waals surface area contributed by atoms with Crippen molar-refractivity contribution >= 4 is 21.8 Å². The molecule has 6 heteroatoms. The van der Waals surface area contributed by atoms with Crippen molar-refractivity contribution in [2.75, 3.05) is 12.8 Å². The smallest absolute Gasteiger partial charge is 0.232 e. The highest BCUT2D eigenvalue weighted by molar-refractivity contribution is 8.03. The number of hydrogen-bond donors (Lipinski definition) is 1. The molecule has 0 amide bonds. The lowest BCUT2D eigenvalue weighted by Crippen LogP contribution is -2.35. The Kier molecular flexibility index (Phi) is 2.46. The van der Waals surface area contributed by atoms with Crippen LogP contribution in [0.2, 0.25) is 0 Å². The Morgan fingerprint density at radius 1 is 1.73 bits per heavy atom. The minimum Gasteiger partial charge on any atom is -0.328 e. The van der Waals surface area contributed by atoms with E-state index < -0.39 is 10.0 Å². The van der Waals surface area contributed by atoms with Crippen LogP contribution in [0.3, 0.4) is 0 Å². The molecule has 0 radical (unpaired) electrons. The zero-order chi connectivity index (χ0) is 8.48. The van der Waals surface area contributed by atoms with E-state index in [0.29, 0.717) is 6.54 Å². The second kappa shape index (κ2) is 3.04. The van der Waals surface area contributed by atoms with Crippen molar-refractivity contribution in [3.8, 4) is 0 Å². The summed E-state index contributed by atoms with van der Waals surface area (Å²) in [6.07, 6.45) is 2.71. The molecule has 0 aromatic rings. The van der Waals surface area contributed by atoms with Crippen molar-refractivity contribution in [2.45, 2.75) is 5.37 Å². The molecule has 1 rings (SSSR count). The molecular weight excluding hydrogens is 184 g/mol. The summed E-state index contributed by atoms with van der Waals surface area (Å²) >= 11 is 1.42. The molecule has 1 heterocycles. The van der Waals surface area contributed by atoms with Gasteiger partial charge in [0.2, 0.25) is 10.0 Å². The highest BCUT2D eigenvalue weighted by Gasteiger charge is 2.25. The fourth-order valence-corrected chi connectivity index (χ4v) is 3.00. The fraction of sp³-hybridized carbons (Fsp3) is 0.600. The summed E-state index contributed by atoms with van der Waals surface area (Å²) in [6.45, 7) is 0.338. The summed E-state index contributed by atoms with van der Waals surface area (Å²) in [4.78, 5) is 0. The summed E-state index contributed by atoms with van der Waals surface area (Å²) in [7, 11) is -3.12. The van der Waals surface area contributed by atoms with Crippen LogP contribution in [0.25, 0.3) is 0 Å². The Morgan fingerprint density at radius 2 is 2.36 bits per heavy atom. The zero-order valence-electron chi connectivity index (χ0n) is 6.10. The van der Waals surface area contributed by atoms with Gasteiger partial charge in [-0.25, -0.2) is 8.42 Å². The quantitative estimate of drug-likeness (QED) is 0.658. The van der Waals surface area contributed by atoms with Gasteiger partial charge in [0, 0.05) is 12.7 Å². The molecule has 0 aromatic carbocycles. The van der Waals surface area contributed by atoms with E-state index in [1.807, 2.05) is 0 Å². The lowest BCUT2D eigenvalue weighted by molar-refractivity contribution is 0.495. The molecule has 0 aromatic heterocycles. The van der Waals surface area contributed by atoms with Crippen LogP contribution in [0.4, 0.5) is 0 Å². The largest absolute Gasteiger partial charge is 0.328 e. The van der Waals surface area contributed by atoms with Crippen LogP contribution in [0.15, 0.2) is 11.6 Å². The van der Waals surface area contributed by atoms with Gasteiger partial charge in [-0.1, -0.05) is 0 Å². The van der Waals surface area contributed by atoms with Crippen LogP contribution < -0.4 is 5.73 Å². The average molecular weight is 194 g/mol. The molecule has 11 heavy (non-hydrogen) atoms. The Hall–Kier alpha value is -0.200. The number of nitrogens with zero attached hydrogens (tertiary/aromatic N) is 1. The van der Waals surface area contributed by atoms with E-state index in [1.165, 1.54) is 28.5 Å². The molecule has 0 bridgehead atoms. The van der Waals surface area contributed by atoms with Gasteiger partial charge in [0.25, 0.3) is 0 Å². The zero-order valence-corrected chi connectivity index (χ0v) is 7.73. The molecule has 0 spiro atoms. The van der Waals surface area contributed by atoms with E-state index in [0.717, 1.165) is 0 Å². The summed E-state index contributed by atoms with van der Waals surface area (Å²) in [5.74, 6) is 0. The van der Waals surface area contributed by atoms with Gasteiger partial charge in [0.15, 0.2) is 0 Å². The van der Waals surface area contributed by atoms with Crippen LogP contribution in [-0.2, 0) is 10.0 Å². The van der Waals surface area contributed by atoms with Gasteiger partial charge in [0.05, 0.1) is 6.26 Å². The lowest BCUT2D eigenvalue weighted by atomic mass is 10.6. The molecule has 1 aliphatic rings. The molecule has 2 N–H and O–H groups in total. The number of rotatable bonds is 2.